The van der Waals surface area contributed by atoms with Gasteiger partial charge in [0.15, 0.2) is 0 Å². The van der Waals surface area contributed by atoms with Crippen LogP contribution in [0.15, 0.2) is 66.7 Å². The summed E-state index contributed by atoms with van der Waals surface area (Å²) in [6, 6.07) is 5.79. The van der Waals surface area contributed by atoms with Crippen LogP contribution >= 0.6 is 0 Å². The SMILES string of the molecule is C=CN=CC.CNC1CCN(Cc2ccc(NC(=O)c3cncc(C#Cc4cnc(/C=C\C=N)[nH]4)c3)cc2C(F)(F)F)CC1. The van der Waals surface area contributed by atoms with Crippen LogP contribution < -0.4 is 10.6 Å². The van der Waals surface area contributed by atoms with E-state index in [4.69, 9.17) is 5.41 Å². The number of hydrogen-bond donors (Lipinski definition) is 4. The van der Waals surface area contributed by atoms with E-state index < -0.39 is 17.6 Å². The second-order valence-electron chi connectivity index (χ2n) is 9.67. The van der Waals surface area contributed by atoms with Gasteiger partial charge in [0.05, 0.1) is 17.3 Å². The molecule has 0 bridgehead atoms. The number of anilines is 1. The van der Waals surface area contributed by atoms with E-state index in [1.54, 1.807) is 12.3 Å². The summed E-state index contributed by atoms with van der Waals surface area (Å²) in [6.07, 6.45) is 9.00. The number of rotatable bonds is 8. The molecule has 0 aliphatic carbocycles. The third-order valence-electron chi connectivity index (χ3n) is 6.61. The number of amides is 1. The van der Waals surface area contributed by atoms with E-state index in [2.05, 4.69) is 49.0 Å². The van der Waals surface area contributed by atoms with Gasteiger partial charge in [-0.2, -0.15) is 13.2 Å². The van der Waals surface area contributed by atoms with Crippen molar-refractivity contribution in [3.05, 3.63) is 95.5 Å². The Kier molecular flexibility index (Phi) is 12.8. The van der Waals surface area contributed by atoms with Gasteiger partial charge in [0.25, 0.3) is 5.91 Å². The molecule has 3 aromatic rings. The second kappa shape index (κ2) is 16.7. The number of nitrogens with zero attached hydrogens (tertiary/aromatic N) is 4. The van der Waals surface area contributed by atoms with Crippen LogP contribution in [0, 0.1) is 17.3 Å². The zero-order valence-corrected chi connectivity index (χ0v) is 24.6. The Morgan fingerprint density at radius 1 is 1.23 bits per heavy atom. The Morgan fingerprint density at radius 3 is 2.64 bits per heavy atom. The lowest BCUT2D eigenvalue weighted by Crippen LogP contribution is -2.41. The zero-order valence-electron chi connectivity index (χ0n) is 24.6. The highest BCUT2D eigenvalue weighted by Gasteiger charge is 2.34. The summed E-state index contributed by atoms with van der Waals surface area (Å²) in [5, 5.41) is 12.8. The summed E-state index contributed by atoms with van der Waals surface area (Å²) in [4.78, 5) is 29.6. The molecule has 4 N–H and O–H groups in total. The number of H-pyrrole nitrogens is 1. The maximum Gasteiger partial charge on any atom is 0.416 e. The van der Waals surface area contributed by atoms with Gasteiger partial charge in [-0.3, -0.25) is 19.7 Å². The van der Waals surface area contributed by atoms with Gasteiger partial charge >= 0.3 is 6.18 Å². The number of aromatic amines is 1. The number of imidazole rings is 1. The van der Waals surface area contributed by atoms with Crippen molar-refractivity contribution in [1.82, 2.24) is 25.2 Å². The summed E-state index contributed by atoms with van der Waals surface area (Å²) < 4.78 is 41.7. The smallest absolute Gasteiger partial charge is 0.332 e. The molecule has 0 atom stereocenters. The number of aliphatic imine (C=N–C) groups is 1. The van der Waals surface area contributed by atoms with E-state index in [1.165, 1.54) is 49.1 Å². The molecule has 3 heterocycles. The summed E-state index contributed by atoms with van der Waals surface area (Å²) >= 11 is 0. The number of carbonyl (C=O) groups excluding carboxylic acids is 1. The minimum atomic E-state index is -4.56. The van der Waals surface area contributed by atoms with Gasteiger partial charge in [0, 0.05) is 54.9 Å². The summed E-state index contributed by atoms with van der Waals surface area (Å²) in [5.74, 6) is 5.70. The number of piperidine rings is 1. The number of alkyl halides is 3. The van der Waals surface area contributed by atoms with Crippen molar-refractivity contribution >= 4 is 30.1 Å². The van der Waals surface area contributed by atoms with E-state index in [-0.39, 0.29) is 23.4 Å². The molecule has 1 aliphatic heterocycles. The maximum atomic E-state index is 13.9. The fourth-order valence-corrected chi connectivity index (χ4v) is 4.38. The van der Waals surface area contributed by atoms with Gasteiger partial charge in [-0.25, -0.2) is 4.98 Å². The molecular weight excluding hydrogens is 569 g/mol. The number of nitrogens with one attached hydrogen (secondary N) is 4. The molecule has 230 valence electrons. The number of pyridine rings is 1. The number of allylic oxidation sites excluding steroid dienone is 1. The predicted molar refractivity (Wildman–Crippen MR) is 168 cm³/mol. The fourth-order valence-electron chi connectivity index (χ4n) is 4.38. The topological polar surface area (TPSA) is 122 Å². The number of benzene rings is 1. The molecule has 1 aromatic carbocycles. The molecule has 9 nitrogen and oxygen atoms in total. The number of aromatic nitrogens is 3. The van der Waals surface area contributed by atoms with Crippen LogP contribution in [-0.2, 0) is 12.7 Å². The van der Waals surface area contributed by atoms with Crippen LogP contribution in [0.1, 0.15) is 58.3 Å². The first-order valence-electron chi connectivity index (χ1n) is 13.9. The molecule has 12 heteroatoms. The molecule has 4 rings (SSSR count). The van der Waals surface area contributed by atoms with Gasteiger partial charge < -0.3 is 21.0 Å². The Balaban J connectivity index is 0.000000978. The van der Waals surface area contributed by atoms with Crippen LogP contribution in [0.4, 0.5) is 18.9 Å². The van der Waals surface area contributed by atoms with Crippen LogP contribution in [0.25, 0.3) is 6.08 Å². The van der Waals surface area contributed by atoms with Crippen LogP contribution in [0.3, 0.4) is 0 Å². The van der Waals surface area contributed by atoms with E-state index >= 15 is 0 Å². The van der Waals surface area contributed by atoms with Gasteiger partial charge in [-0.15, -0.1) is 0 Å². The second-order valence-corrected chi connectivity index (χ2v) is 9.67. The van der Waals surface area contributed by atoms with Gasteiger partial charge in [-0.1, -0.05) is 18.6 Å². The minimum absolute atomic E-state index is 0.0458. The lowest BCUT2D eigenvalue weighted by molar-refractivity contribution is -0.138. The molecule has 44 heavy (non-hydrogen) atoms. The van der Waals surface area contributed by atoms with Crippen molar-refractivity contribution in [3.63, 3.8) is 0 Å². The number of carbonyl (C=O) groups is 1. The molecule has 0 spiro atoms. The quantitative estimate of drug-likeness (QED) is 0.199. The highest BCUT2D eigenvalue weighted by molar-refractivity contribution is 6.04. The normalized spacial score (nSPS) is 14.0. The third-order valence-corrected chi connectivity index (χ3v) is 6.61. The molecule has 0 radical (unpaired) electrons. The van der Waals surface area contributed by atoms with Crippen LogP contribution in [-0.4, -0.2) is 64.4 Å². The monoisotopic (exact) mass is 604 g/mol. The molecule has 1 saturated heterocycles. The first-order chi connectivity index (χ1) is 21.2. The predicted octanol–water partition coefficient (Wildman–Crippen LogP) is 5.54. The van der Waals surface area contributed by atoms with Crippen molar-refractivity contribution in [3.8, 4) is 11.8 Å². The van der Waals surface area contributed by atoms with Crippen molar-refractivity contribution in [2.75, 3.05) is 25.5 Å². The van der Waals surface area contributed by atoms with Crippen molar-refractivity contribution < 1.29 is 18.0 Å². The largest absolute Gasteiger partial charge is 0.416 e. The highest BCUT2D eigenvalue weighted by atomic mass is 19.4. The first kappa shape index (κ1) is 33.6. The number of halogens is 3. The lowest BCUT2D eigenvalue weighted by atomic mass is 10.0. The first-order valence-corrected chi connectivity index (χ1v) is 13.9. The van der Waals surface area contributed by atoms with E-state index in [0.717, 1.165) is 38.2 Å². The van der Waals surface area contributed by atoms with E-state index in [9.17, 15) is 18.0 Å². The van der Waals surface area contributed by atoms with Crippen molar-refractivity contribution in [1.29, 1.82) is 5.41 Å². The number of hydrogen-bond acceptors (Lipinski definition) is 7. The summed E-state index contributed by atoms with van der Waals surface area (Å²) in [7, 11) is 1.89. The van der Waals surface area contributed by atoms with E-state index in [1.807, 2.05) is 18.9 Å². The zero-order chi connectivity index (χ0) is 32.0. The van der Waals surface area contributed by atoms with Gasteiger partial charge in [-0.05, 0) is 81.7 Å². The van der Waals surface area contributed by atoms with Crippen LogP contribution in [0.2, 0.25) is 0 Å². The van der Waals surface area contributed by atoms with Crippen LogP contribution in [0.5, 0.6) is 0 Å². The molecule has 1 fully saturated rings. The molecular formula is C32H35F3N8O. The summed E-state index contributed by atoms with van der Waals surface area (Å²) in [5.41, 5.74) is 0.596. The molecule has 0 saturated carbocycles. The standard InChI is InChI=1S/C28H28F3N7O.C4H7N/c1-33-22-8-11-38(12-9-22)18-20-5-7-23(14-25(20)28(29,30)31)37-27(39)21-13-19(15-34-16-21)4-6-24-17-35-26(36-24)3-2-10-32;1-3-5-4-2/h2-3,5,7,10,13-17,22,32-33H,8-9,11-12,18H2,1H3,(H,35,36)(H,37,39);3-4H,1H2,2H3/b3-2-,32-10?;. The molecule has 1 amide bonds. The Bertz CT molecular complexity index is 1540. The van der Waals surface area contributed by atoms with Crippen molar-refractivity contribution in [2.45, 2.75) is 38.5 Å². The maximum absolute atomic E-state index is 13.9. The van der Waals surface area contributed by atoms with Gasteiger partial charge in [0.2, 0.25) is 0 Å². The molecule has 1 aliphatic rings. The Hall–Kier alpha value is -4.86. The molecule has 0 unspecified atom stereocenters. The highest BCUT2D eigenvalue weighted by Crippen LogP contribution is 2.35. The third kappa shape index (κ3) is 10.4. The van der Waals surface area contributed by atoms with E-state index in [0.29, 0.717) is 23.1 Å². The summed E-state index contributed by atoms with van der Waals surface area (Å²) in [6.45, 7) is 6.83. The average molecular weight is 605 g/mol. The molecule has 2 aromatic heterocycles. The average Bonchev–Trinajstić information content (AvgIpc) is 3.48. The minimum Gasteiger partial charge on any atom is -0.332 e. The number of likely N-dealkylation sites (tertiary alicyclic amines) is 1. The van der Waals surface area contributed by atoms with Crippen molar-refractivity contribution in [2.24, 2.45) is 4.99 Å². The fraction of sp³-hybridized carbons (Fsp3) is 0.281. The Labute approximate surface area is 254 Å². The lowest BCUT2D eigenvalue weighted by Gasteiger charge is -2.32. The Morgan fingerprint density at radius 2 is 2.00 bits per heavy atom. The van der Waals surface area contributed by atoms with Gasteiger partial charge in [0.1, 0.15) is 11.5 Å².